The molecule has 0 bridgehead atoms. The molecule has 3 nitrogen and oxygen atoms in total. The molecule has 0 amide bonds. The van der Waals surface area contributed by atoms with Crippen LogP contribution in [0.2, 0.25) is 0 Å². The number of benzene rings is 1. The van der Waals surface area contributed by atoms with Crippen LogP contribution in [0, 0.1) is 6.92 Å². The zero-order valence-corrected chi connectivity index (χ0v) is 13.2. The molecule has 3 rings (SSSR count). The molecule has 21 heavy (non-hydrogen) atoms. The standard InChI is InChI=1S/C17H18N2OS/c1-11-4-7-16(21-11)12(2)19-17-15-10-14(20-3)6-5-13(15)8-9-18-17/h4-10,12H,1-3H3,(H,18,19). The van der Waals surface area contributed by atoms with Gasteiger partial charge in [0.15, 0.2) is 0 Å². The number of hydrogen-bond donors (Lipinski definition) is 1. The SMILES string of the molecule is COc1ccc2ccnc(NC(C)c3ccc(C)s3)c2c1. The van der Waals surface area contributed by atoms with E-state index < -0.39 is 0 Å². The van der Waals surface area contributed by atoms with Gasteiger partial charge in [0.2, 0.25) is 0 Å². The monoisotopic (exact) mass is 298 g/mol. The van der Waals surface area contributed by atoms with E-state index in [1.165, 1.54) is 9.75 Å². The molecule has 1 aromatic carbocycles. The summed E-state index contributed by atoms with van der Waals surface area (Å²) >= 11 is 1.81. The summed E-state index contributed by atoms with van der Waals surface area (Å²) in [4.78, 5) is 7.13. The molecule has 0 saturated carbocycles. The minimum absolute atomic E-state index is 0.230. The van der Waals surface area contributed by atoms with Crippen molar-refractivity contribution in [3.8, 4) is 5.75 Å². The summed E-state index contributed by atoms with van der Waals surface area (Å²) in [7, 11) is 1.68. The Bertz CT molecular complexity index is 766. The predicted octanol–water partition coefficient (Wildman–Crippen LogP) is 4.79. The van der Waals surface area contributed by atoms with E-state index in [0.29, 0.717) is 0 Å². The highest BCUT2D eigenvalue weighted by atomic mass is 32.1. The summed E-state index contributed by atoms with van der Waals surface area (Å²) in [6.45, 7) is 4.29. The average Bonchev–Trinajstić information content (AvgIpc) is 2.94. The third-order valence-corrected chi connectivity index (χ3v) is 4.70. The van der Waals surface area contributed by atoms with Crippen molar-refractivity contribution >= 4 is 27.9 Å². The minimum atomic E-state index is 0.230. The topological polar surface area (TPSA) is 34.1 Å². The molecule has 0 aliphatic rings. The number of ether oxygens (including phenoxy) is 1. The first-order valence-electron chi connectivity index (χ1n) is 6.93. The number of fused-ring (bicyclic) bond motifs is 1. The van der Waals surface area contributed by atoms with Crippen molar-refractivity contribution in [1.29, 1.82) is 0 Å². The molecular formula is C17H18N2OS. The van der Waals surface area contributed by atoms with Crippen LogP contribution in [0.5, 0.6) is 5.75 Å². The van der Waals surface area contributed by atoms with Gasteiger partial charge in [-0.1, -0.05) is 6.07 Å². The van der Waals surface area contributed by atoms with Crippen LogP contribution in [0.3, 0.4) is 0 Å². The molecule has 3 aromatic rings. The van der Waals surface area contributed by atoms with Crippen molar-refractivity contribution in [3.63, 3.8) is 0 Å². The Morgan fingerprint density at radius 2 is 2.05 bits per heavy atom. The summed E-state index contributed by atoms with van der Waals surface area (Å²) < 4.78 is 5.32. The van der Waals surface area contributed by atoms with Crippen LogP contribution in [0.1, 0.15) is 22.7 Å². The fourth-order valence-electron chi connectivity index (χ4n) is 2.35. The van der Waals surface area contributed by atoms with Gasteiger partial charge in [0.1, 0.15) is 11.6 Å². The van der Waals surface area contributed by atoms with Crippen molar-refractivity contribution in [2.75, 3.05) is 12.4 Å². The molecule has 2 heterocycles. The van der Waals surface area contributed by atoms with Gasteiger partial charge in [-0.05, 0) is 49.6 Å². The second-order valence-corrected chi connectivity index (χ2v) is 6.38. The molecule has 1 unspecified atom stereocenters. The lowest BCUT2D eigenvalue weighted by atomic mass is 10.1. The molecular weight excluding hydrogens is 280 g/mol. The van der Waals surface area contributed by atoms with Crippen LogP contribution < -0.4 is 10.1 Å². The fraction of sp³-hybridized carbons (Fsp3) is 0.235. The molecule has 1 atom stereocenters. The molecule has 0 fully saturated rings. The minimum Gasteiger partial charge on any atom is -0.497 e. The molecule has 108 valence electrons. The summed E-state index contributed by atoms with van der Waals surface area (Å²) in [6.07, 6.45) is 1.84. The smallest absolute Gasteiger partial charge is 0.134 e. The van der Waals surface area contributed by atoms with E-state index in [9.17, 15) is 0 Å². The highest BCUT2D eigenvalue weighted by Gasteiger charge is 2.11. The third-order valence-electron chi connectivity index (χ3n) is 3.51. The van der Waals surface area contributed by atoms with Crippen LogP contribution in [0.25, 0.3) is 10.8 Å². The van der Waals surface area contributed by atoms with Crippen LogP contribution in [-0.4, -0.2) is 12.1 Å². The Morgan fingerprint density at radius 3 is 2.76 bits per heavy atom. The Hall–Kier alpha value is -2.07. The first-order chi connectivity index (χ1) is 10.2. The van der Waals surface area contributed by atoms with E-state index in [1.807, 2.05) is 35.7 Å². The second kappa shape index (κ2) is 5.74. The molecule has 0 saturated heterocycles. The Balaban J connectivity index is 1.96. The van der Waals surface area contributed by atoms with Gasteiger partial charge in [0, 0.05) is 21.3 Å². The van der Waals surface area contributed by atoms with Gasteiger partial charge in [0.05, 0.1) is 13.2 Å². The lowest BCUT2D eigenvalue weighted by Crippen LogP contribution is -2.06. The van der Waals surface area contributed by atoms with Gasteiger partial charge >= 0.3 is 0 Å². The molecule has 0 spiro atoms. The lowest BCUT2D eigenvalue weighted by Gasteiger charge is -2.15. The maximum absolute atomic E-state index is 5.32. The number of aromatic nitrogens is 1. The zero-order valence-electron chi connectivity index (χ0n) is 12.4. The predicted molar refractivity (Wildman–Crippen MR) is 89.4 cm³/mol. The Morgan fingerprint density at radius 1 is 1.19 bits per heavy atom. The summed E-state index contributed by atoms with van der Waals surface area (Å²) in [5, 5.41) is 5.75. The average molecular weight is 298 g/mol. The number of aryl methyl sites for hydroxylation is 1. The largest absolute Gasteiger partial charge is 0.497 e. The van der Waals surface area contributed by atoms with E-state index in [4.69, 9.17) is 4.74 Å². The quantitative estimate of drug-likeness (QED) is 0.752. The van der Waals surface area contributed by atoms with Crippen molar-refractivity contribution < 1.29 is 4.74 Å². The highest BCUT2D eigenvalue weighted by Crippen LogP contribution is 2.30. The van der Waals surface area contributed by atoms with E-state index >= 15 is 0 Å². The fourth-order valence-corrected chi connectivity index (χ4v) is 3.23. The first-order valence-corrected chi connectivity index (χ1v) is 7.74. The van der Waals surface area contributed by atoms with E-state index in [0.717, 1.165) is 22.3 Å². The number of methoxy groups -OCH3 is 1. The summed E-state index contributed by atoms with van der Waals surface area (Å²) in [6, 6.07) is 12.6. The van der Waals surface area contributed by atoms with Crippen molar-refractivity contribution in [2.24, 2.45) is 0 Å². The number of hydrogen-bond acceptors (Lipinski definition) is 4. The maximum Gasteiger partial charge on any atom is 0.134 e. The molecule has 0 aliphatic heterocycles. The number of pyridine rings is 1. The number of anilines is 1. The van der Waals surface area contributed by atoms with Crippen LogP contribution in [0.15, 0.2) is 42.6 Å². The van der Waals surface area contributed by atoms with E-state index in [1.54, 1.807) is 7.11 Å². The molecule has 1 N–H and O–H groups in total. The molecule has 2 aromatic heterocycles. The summed E-state index contributed by atoms with van der Waals surface area (Å²) in [5.41, 5.74) is 0. The molecule has 0 radical (unpaired) electrons. The molecule has 4 heteroatoms. The number of nitrogens with one attached hydrogen (secondary N) is 1. The van der Waals surface area contributed by atoms with Gasteiger partial charge in [-0.3, -0.25) is 0 Å². The first kappa shape index (κ1) is 13.9. The van der Waals surface area contributed by atoms with Crippen molar-refractivity contribution in [3.05, 3.63) is 52.3 Å². The Kier molecular flexibility index (Phi) is 3.80. The lowest BCUT2D eigenvalue weighted by molar-refractivity contribution is 0.415. The number of thiophene rings is 1. The normalized spacial score (nSPS) is 12.3. The van der Waals surface area contributed by atoms with Gasteiger partial charge in [-0.15, -0.1) is 11.3 Å². The summed E-state index contributed by atoms with van der Waals surface area (Å²) in [5.74, 6) is 1.74. The highest BCUT2D eigenvalue weighted by molar-refractivity contribution is 7.12. The van der Waals surface area contributed by atoms with Crippen LogP contribution in [0.4, 0.5) is 5.82 Å². The van der Waals surface area contributed by atoms with Gasteiger partial charge in [-0.2, -0.15) is 0 Å². The van der Waals surface area contributed by atoms with Gasteiger partial charge in [-0.25, -0.2) is 4.98 Å². The van der Waals surface area contributed by atoms with Crippen molar-refractivity contribution in [1.82, 2.24) is 4.98 Å². The Labute approximate surface area is 128 Å². The van der Waals surface area contributed by atoms with E-state index in [-0.39, 0.29) is 6.04 Å². The number of rotatable bonds is 4. The van der Waals surface area contributed by atoms with Crippen molar-refractivity contribution in [2.45, 2.75) is 19.9 Å². The van der Waals surface area contributed by atoms with Gasteiger partial charge < -0.3 is 10.1 Å². The maximum atomic E-state index is 5.32. The van der Waals surface area contributed by atoms with E-state index in [2.05, 4.69) is 42.3 Å². The van der Waals surface area contributed by atoms with Crippen LogP contribution >= 0.6 is 11.3 Å². The van der Waals surface area contributed by atoms with Crippen LogP contribution in [-0.2, 0) is 0 Å². The third kappa shape index (κ3) is 2.85. The number of nitrogens with zero attached hydrogens (tertiary/aromatic N) is 1. The zero-order chi connectivity index (χ0) is 14.8. The molecule has 0 aliphatic carbocycles. The second-order valence-electron chi connectivity index (χ2n) is 5.06. The van der Waals surface area contributed by atoms with Gasteiger partial charge in [0.25, 0.3) is 0 Å².